The lowest BCUT2D eigenvalue weighted by atomic mass is 9.91. The summed E-state index contributed by atoms with van der Waals surface area (Å²) in [7, 11) is -3.15. The Kier molecular flexibility index (Phi) is 5.04. The van der Waals surface area contributed by atoms with Crippen molar-refractivity contribution in [3.05, 3.63) is 0 Å². The first-order valence-electron chi connectivity index (χ1n) is 7.31. The minimum atomic E-state index is -3.15. The molecule has 2 fully saturated rings. The summed E-state index contributed by atoms with van der Waals surface area (Å²) in [6, 6.07) is -0.135. The maximum atomic E-state index is 12.2. The molecule has 0 unspecified atom stereocenters. The van der Waals surface area contributed by atoms with Gasteiger partial charge in [0.15, 0.2) is 0 Å². The number of carbonyl (C=O) groups is 1. The van der Waals surface area contributed by atoms with Gasteiger partial charge in [-0.1, -0.05) is 12.8 Å². The van der Waals surface area contributed by atoms with E-state index in [1.807, 2.05) is 0 Å². The molecule has 0 aromatic heterocycles. The maximum absolute atomic E-state index is 12.2. The van der Waals surface area contributed by atoms with Crippen molar-refractivity contribution in [2.45, 2.75) is 50.7 Å². The van der Waals surface area contributed by atoms with Gasteiger partial charge in [0.05, 0.1) is 18.4 Å². The second-order valence-corrected chi connectivity index (χ2v) is 7.89. The summed E-state index contributed by atoms with van der Waals surface area (Å²) < 4.78 is 24.3. The zero-order valence-electron chi connectivity index (χ0n) is 11.9. The predicted octanol–water partition coefficient (Wildman–Crippen LogP) is 0.0777. The van der Waals surface area contributed by atoms with Crippen molar-refractivity contribution in [2.24, 2.45) is 5.92 Å². The first-order chi connectivity index (χ1) is 9.38. The fourth-order valence-electron chi connectivity index (χ4n) is 3.03. The van der Waals surface area contributed by atoms with E-state index in [1.54, 1.807) is 0 Å². The van der Waals surface area contributed by atoms with E-state index >= 15 is 0 Å². The maximum Gasteiger partial charge on any atom is 0.223 e. The van der Waals surface area contributed by atoms with Gasteiger partial charge in [0.2, 0.25) is 15.9 Å². The minimum Gasteiger partial charge on any atom is -0.391 e. The number of nitrogens with one attached hydrogen (secondary N) is 1. The quantitative estimate of drug-likeness (QED) is 0.773. The van der Waals surface area contributed by atoms with Crippen molar-refractivity contribution < 1.29 is 18.3 Å². The van der Waals surface area contributed by atoms with Crippen molar-refractivity contribution >= 4 is 15.9 Å². The second-order valence-electron chi connectivity index (χ2n) is 5.90. The first kappa shape index (κ1) is 15.7. The minimum absolute atomic E-state index is 0.0379. The molecule has 0 aromatic rings. The third-order valence-corrected chi connectivity index (χ3v) is 5.65. The number of hydrogen-bond donors (Lipinski definition) is 2. The smallest absolute Gasteiger partial charge is 0.223 e. The van der Waals surface area contributed by atoms with Gasteiger partial charge in [0.1, 0.15) is 0 Å². The van der Waals surface area contributed by atoms with E-state index < -0.39 is 16.1 Å². The molecule has 116 valence electrons. The van der Waals surface area contributed by atoms with E-state index in [9.17, 15) is 18.3 Å². The SMILES string of the molecule is CS(=O)(=O)N1CCC(C(=O)N[C@H]2CCCC[C@@H]2O)CC1. The average Bonchev–Trinajstić information content (AvgIpc) is 2.40. The molecule has 2 rings (SSSR count). The lowest BCUT2D eigenvalue weighted by molar-refractivity contribution is -0.128. The van der Waals surface area contributed by atoms with Crippen LogP contribution in [0.1, 0.15) is 38.5 Å². The summed E-state index contributed by atoms with van der Waals surface area (Å²) in [4.78, 5) is 12.2. The molecule has 1 saturated carbocycles. The molecule has 0 radical (unpaired) electrons. The fraction of sp³-hybridized carbons (Fsp3) is 0.923. The van der Waals surface area contributed by atoms with E-state index in [0.717, 1.165) is 25.7 Å². The zero-order valence-corrected chi connectivity index (χ0v) is 12.7. The molecule has 2 aliphatic rings. The Hall–Kier alpha value is -0.660. The van der Waals surface area contributed by atoms with Gasteiger partial charge in [-0.15, -0.1) is 0 Å². The molecule has 20 heavy (non-hydrogen) atoms. The summed E-state index contributed by atoms with van der Waals surface area (Å²) in [6.07, 6.45) is 5.50. The van der Waals surface area contributed by atoms with Gasteiger partial charge in [-0.3, -0.25) is 4.79 Å². The predicted molar refractivity (Wildman–Crippen MR) is 75.5 cm³/mol. The molecule has 2 atom stereocenters. The molecule has 6 nitrogen and oxygen atoms in total. The Balaban J connectivity index is 1.83. The van der Waals surface area contributed by atoms with E-state index in [0.29, 0.717) is 25.9 Å². The number of rotatable bonds is 3. The number of sulfonamides is 1. The van der Waals surface area contributed by atoms with Crippen LogP contribution in [0.15, 0.2) is 0 Å². The van der Waals surface area contributed by atoms with Gasteiger partial charge in [-0.05, 0) is 25.7 Å². The Labute approximate surface area is 120 Å². The van der Waals surface area contributed by atoms with Crippen molar-refractivity contribution in [1.82, 2.24) is 9.62 Å². The van der Waals surface area contributed by atoms with Crippen molar-refractivity contribution in [2.75, 3.05) is 19.3 Å². The Bertz CT molecular complexity index is 443. The van der Waals surface area contributed by atoms with E-state index in [4.69, 9.17) is 0 Å². The van der Waals surface area contributed by atoms with Gasteiger partial charge in [0.25, 0.3) is 0 Å². The molecule has 1 heterocycles. The van der Waals surface area contributed by atoms with E-state index in [1.165, 1.54) is 10.6 Å². The van der Waals surface area contributed by atoms with Gasteiger partial charge < -0.3 is 10.4 Å². The molecule has 0 aromatic carbocycles. The van der Waals surface area contributed by atoms with Crippen molar-refractivity contribution in [3.63, 3.8) is 0 Å². The van der Waals surface area contributed by atoms with Crippen LogP contribution in [0.4, 0.5) is 0 Å². The largest absolute Gasteiger partial charge is 0.391 e. The molecule has 0 spiro atoms. The summed E-state index contributed by atoms with van der Waals surface area (Å²) >= 11 is 0. The van der Waals surface area contributed by atoms with Gasteiger partial charge in [-0.25, -0.2) is 12.7 Å². The average molecular weight is 304 g/mol. The van der Waals surface area contributed by atoms with Crippen LogP contribution < -0.4 is 5.32 Å². The van der Waals surface area contributed by atoms with Gasteiger partial charge in [0, 0.05) is 19.0 Å². The number of amides is 1. The van der Waals surface area contributed by atoms with Gasteiger partial charge >= 0.3 is 0 Å². The van der Waals surface area contributed by atoms with Crippen LogP contribution >= 0.6 is 0 Å². The molecule has 1 saturated heterocycles. The molecule has 2 N–H and O–H groups in total. The Morgan fingerprint density at radius 3 is 2.30 bits per heavy atom. The monoisotopic (exact) mass is 304 g/mol. The van der Waals surface area contributed by atoms with E-state index in [-0.39, 0.29) is 17.9 Å². The van der Waals surface area contributed by atoms with Crippen LogP contribution in [-0.2, 0) is 14.8 Å². The number of piperidine rings is 1. The molecule has 0 bridgehead atoms. The third kappa shape index (κ3) is 3.93. The fourth-order valence-corrected chi connectivity index (χ4v) is 3.90. The van der Waals surface area contributed by atoms with Crippen LogP contribution in [0.3, 0.4) is 0 Å². The molecular formula is C13H24N2O4S. The van der Waals surface area contributed by atoms with Crippen LogP contribution in [-0.4, -0.2) is 55.2 Å². The summed E-state index contributed by atoms with van der Waals surface area (Å²) in [5.74, 6) is -0.175. The number of aliphatic hydroxyl groups excluding tert-OH is 1. The number of aliphatic hydroxyl groups is 1. The van der Waals surface area contributed by atoms with E-state index in [2.05, 4.69) is 5.32 Å². The Morgan fingerprint density at radius 1 is 1.15 bits per heavy atom. The standard InChI is InChI=1S/C13H24N2O4S/c1-20(18,19)15-8-6-10(7-9-15)13(17)14-11-4-2-3-5-12(11)16/h10-12,16H,2-9H2,1H3,(H,14,17)/t11-,12-/m0/s1. The Morgan fingerprint density at radius 2 is 1.75 bits per heavy atom. The van der Waals surface area contributed by atoms with Crippen LogP contribution in [0.2, 0.25) is 0 Å². The second kappa shape index (κ2) is 6.41. The van der Waals surface area contributed by atoms with Crippen LogP contribution in [0.25, 0.3) is 0 Å². The molecule has 1 amide bonds. The highest BCUT2D eigenvalue weighted by atomic mass is 32.2. The first-order valence-corrected chi connectivity index (χ1v) is 9.16. The highest BCUT2D eigenvalue weighted by molar-refractivity contribution is 7.88. The lowest BCUT2D eigenvalue weighted by Crippen LogP contribution is -2.49. The highest BCUT2D eigenvalue weighted by Gasteiger charge is 2.31. The van der Waals surface area contributed by atoms with Crippen molar-refractivity contribution in [3.8, 4) is 0 Å². The third-order valence-electron chi connectivity index (χ3n) is 4.35. The number of hydrogen-bond acceptors (Lipinski definition) is 4. The highest BCUT2D eigenvalue weighted by Crippen LogP contribution is 2.22. The summed E-state index contributed by atoms with van der Waals surface area (Å²) in [5.41, 5.74) is 0. The number of carbonyl (C=O) groups excluding carboxylic acids is 1. The van der Waals surface area contributed by atoms with Crippen LogP contribution in [0.5, 0.6) is 0 Å². The topological polar surface area (TPSA) is 86.7 Å². The normalized spacial score (nSPS) is 30.1. The van der Waals surface area contributed by atoms with Crippen molar-refractivity contribution in [1.29, 1.82) is 0 Å². The number of nitrogens with zero attached hydrogens (tertiary/aromatic N) is 1. The molecule has 1 aliphatic heterocycles. The van der Waals surface area contributed by atoms with Gasteiger partial charge in [-0.2, -0.15) is 0 Å². The summed E-state index contributed by atoms with van der Waals surface area (Å²) in [6.45, 7) is 0.814. The summed E-state index contributed by atoms with van der Waals surface area (Å²) in [5, 5.41) is 12.8. The molecule has 7 heteroatoms. The lowest BCUT2D eigenvalue weighted by Gasteiger charge is -2.33. The molecular weight excluding hydrogens is 280 g/mol. The van der Waals surface area contributed by atoms with Crippen LogP contribution in [0, 0.1) is 5.92 Å². The zero-order chi connectivity index (χ0) is 14.8. The molecule has 1 aliphatic carbocycles.